The Morgan fingerprint density at radius 2 is 2.07 bits per heavy atom. The van der Waals surface area contributed by atoms with Crippen molar-refractivity contribution in [3.05, 3.63) is 84.6 Å². The fraction of sp³-hybridized carbons (Fsp3) is 0.346. The standard InChI is InChI=1S/C26H28N2O2/c1-2-19-16-28-13-11-20(19)14-25(28)26(30-17-18-6-4-3-5-7-18)22-10-12-27-24-9-8-21(29)15-23(22)24/h2-10,12,15,19-20,25-26,29H,1,11,13-14,16-17H2/t19-,20?,25-,26+/m0/s1. The molecule has 3 aromatic rings. The van der Waals surface area contributed by atoms with E-state index >= 15 is 0 Å². The first-order valence-corrected chi connectivity index (χ1v) is 10.8. The first kappa shape index (κ1) is 19.3. The molecule has 2 bridgehead atoms. The molecule has 154 valence electrons. The molecule has 6 rings (SSSR count). The maximum absolute atomic E-state index is 10.1. The van der Waals surface area contributed by atoms with Crippen LogP contribution in [0.4, 0.5) is 0 Å². The van der Waals surface area contributed by atoms with E-state index in [1.54, 1.807) is 6.07 Å². The van der Waals surface area contributed by atoms with E-state index in [4.69, 9.17) is 4.74 Å². The molecule has 2 unspecified atom stereocenters. The Morgan fingerprint density at radius 1 is 1.20 bits per heavy atom. The number of aromatic hydroxyl groups is 1. The molecule has 0 saturated carbocycles. The summed E-state index contributed by atoms with van der Waals surface area (Å²) in [6.45, 7) is 6.79. The van der Waals surface area contributed by atoms with Gasteiger partial charge in [0.2, 0.25) is 0 Å². The largest absolute Gasteiger partial charge is 0.508 e. The summed E-state index contributed by atoms with van der Waals surface area (Å²) in [7, 11) is 0. The number of piperidine rings is 3. The molecule has 30 heavy (non-hydrogen) atoms. The number of benzene rings is 2. The Morgan fingerprint density at radius 3 is 2.83 bits per heavy atom. The number of ether oxygens (including phenoxy) is 1. The minimum atomic E-state index is -0.0777. The zero-order chi connectivity index (χ0) is 20.5. The van der Waals surface area contributed by atoms with Crippen molar-refractivity contribution in [3.63, 3.8) is 0 Å². The first-order chi connectivity index (χ1) is 14.7. The van der Waals surface area contributed by atoms with E-state index in [1.165, 1.54) is 12.0 Å². The number of nitrogens with zero attached hydrogens (tertiary/aromatic N) is 2. The minimum Gasteiger partial charge on any atom is -0.508 e. The zero-order valence-electron chi connectivity index (χ0n) is 17.2. The van der Waals surface area contributed by atoms with E-state index in [2.05, 4.69) is 40.7 Å². The van der Waals surface area contributed by atoms with Gasteiger partial charge >= 0.3 is 0 Å². The first-order valence-electron chi connectivity index (χ1n) is 10.8. The summed E-state index contributed by atoms with van der Waals surface area (Å²) in [5.74, 6) is 1.50. The number of hydrogen-bond acceptors (Lipinski definition) is 4. The van der Waals surface area contributed by atoms with Crippen molar-refractivity contribution in [2.24, 2.45) is 11.8 Å². The molecule has 1 aromatic heterocycles. The van der Waals surface area contributed by atoms with Crippen LogP contribution in [0.2, 0.25) is 0 Å². The summed E-state index contributed by atoms with van der Waals surface area (Å²) in [4.78, 5) is 7.09. The monoisotopic (exact) mass is 400 g/mol. The molecule has 4 heteroatoms. The predicted molar refractivity (Wildman–Crippen MR) is 119 cm³/mol. The predicted octanol–water partition coefficient (Wildman–Crippen LogP) is 5.09. The lowest BCUT2D eigenvalue weighted by atomic mass is 9.73. The molecular formula is C26H28N2O2. The third-order valence-electron chi connectivity index (χ3n) is 6.84. The zero-order valence-corrected chi connectivity index (χ0v) is 17.2. The number of hydrogen-bond donors (Lipinski definition) is 1. The minimum absolute atomic E-state index is 0.0777. The van der Waals surface area contributed by atoms with Crippen LogP contribution in [0.25, 0.3) is 10.9 Å². The van der Waals surface area contributed by atoms with Gasteiger partial charge < -0.3 is 9.84 Å². The van der Waals surface area contributed by atoms with Crippen LogP contribution in [0.3, 0.4) is 0 Å². The third kappa shape index (κ3) is 3.62. The summed E-state index contributed by atoms with van der Waals surface area (Å²) < 4.78 is 6.65. The highest BCUT2D eigenvalue weighted by molar-refractivity contribution is 5.83. The van der Waals surface area contributed by atoms with Crippen LogP contribution in [-0.2, 0) is 11.3 Å². The van der Waals surface area contributed by atoms with Gasteiger partial charge in [-0.2, -0.15) is 0 Å². The lowest BCUT2D eigenvalue weighted by Crippen LogP contribution is -2.55. The summed E-state index contributed by atoms with van der Waals surface area (Å²) in [6.07, 6.45) is 6.25. The van der Waals surface area contributed by atoms with Gasteiger partial charge in [0, 0.05) is 24.2 Å². The number of aromatic nitrogens is 1. The van der Waals surface area contributed by atoms with Crippen LogP contribution in [0, 0.1) is 11.8 Å². The van der Waals surface area contributed by atoms with Gasteiger partial charge in [-0.15, -0.1) is 6.58 Å². The van der Waals surface area contributed by atoms with Gasteiger partial charge in [0.05, 0.1) is 18.2 Å². The van der Waals surface area contributed by atoms with Gasteiger partial charge in [0.15, 0.2) is 0 Å². The molecular weight excluding hydrogens is 372 g/mol. The molecule has 3 aliphatic heterocycles. The van der Waals surface area contributed by atoms with Gasteiger partial charge in [0.1, 0.15) is 5.75 Å². The second-order valence-corrected chi connectivity index (χ2v) is 8.57. The smallest absolute Gasteiger partial charge is 0.116 e. The van der Waals surface area contributed by atoms with E-state index < -0.39 is 0 Å². The summed E-state index contributed by atoms with van der Waals surface area (Å²) in [5, 5.41) is 11.1. The van der Waals surface area contributed by atoms with Crippen LogP contribution in [0.5, 0.6) is 5.75 Å². The highest BCUT2D eigenvalue weighted by atomic mass is 16.5. The molecule has 1 N–H and O–H groups in total. The molecule has 2 aromatic carbocycles. The van der Waals surface area contributed by atoms with Gasteiger partial charge in [-0.1, -0.05) is 36.4 Å². The Balaban J connectivity index is 1.52. The quantitative estimate of drug-likeness (QED) is 0.585. The molecule has 0 aliphatic carbocycles. The van der Waals surface area contributed by atoms with Crippen molar-refractivity contribution in [2.75, 3.05) is 13.1 Å². The lowest BCUT2D eigenvalue weighted by Gasteiger charge is -2.51. The SMILES string of the molecule is C=C[C@H]1CN2CCC1C[C@H]2[C@H](OCc1ccccc1)c1ccnc2ccc(O)cc12. The Kier molecular flexibility index (Phi) is 5.28. The second-order valence-electron chi connectivity index (χ2n) is 8.57. The van der Waals surface area contributed by atoms with Crippen molar-refractivity contribution in [1.29, 1.82) is 0 Å². The maximum Gasteiger partial charge on any atom is 0.116 e. The highest BCUT2D eigenvalue weighted by Gasteiger charge is 2.43. The number of rotatable bonds is 6. The van der Waals surface area contributed by atoms with Crippen molar-refractivity contribution >= 4 is 10.9 Å². The Bertz CT molecular complexity index is 1040. The highest BCUT2D eigenvalue weighted by Crippen LogP contribution is 2.43. The lowest BCUT2D eigenvalue weighted by molar-refractivity contribution is -0.0803. The molecule has 0 radical (unpaired) electrons. The van der Waals surface area contributed by atoms with Gasteiger partial charge in [-0.3, -0.25) is 9.88 Å². The number of fused-ring (bicyclic) bond motifs is 4. The molecule has 3 fully saturated rings. The fourth-order valence-corrected chi connectivity index (χ4v) is 5.26. The van der Waals surface area contributed by atoms with Crippen LogP contribution in [-0.4, -0.2) is 34.1 Å². The topological polar surface area (TPSA) is 45.6 Å². The van der Waals surface area contributed by atoms with Gasteiger partial charge in [-0.25, -0.2) is 0 Å². The van der Waals surface area contributed by atoms with E-state index in [0.717, 1.165) is 36.0 Å². The maximum atomic E-state index is 10.1. The van der Waals surface area contributed by atoms with Crippen molar-refractivity contribution in [3.8, 4) is 5.75 Å². The molecule has 4 heterocycles. The van der Waals surface area contributed by atoms with Gasteiger partial charge in [-0.05, 0) is 66.6 Å². The van der Waals surface area contributed by atoms with Crippen LogP contribution in [0.1, 0.15) is 30.1 Å². The van der Waals surface area contributed by atoms with Crippen LogP contribution >= 0.6 is 0 Å². The number of phenols is 1. The van der Waals surface area contributed by atoms with E-state index in [1.807, 2.05) is 36.5 Å². The van der Waals surface area contributed by atoms with E-state index in [9.17, 15) is 5.11 Å². The summed E-state index contributed by atoms with van der Waals surface area (Å²) >= 11 is 0. The average Bonchev–Trinajstić information content (AvgIpc) is 2.80. The Hall–Kier alpha value is -2.69. The molecule has 3 saturated heterocycles. The number of phenolic OH excluding ortho intramolecular Hbond substituents is 1. The van der Waals surface area contributed by atoms with Crippen LogP contribution in [0.15, 0.2) is 73.4 Å². The Labute approximate surface area is 177 Å². The van der Waals surface area contributed by atoms with Crippen LogP contribution < -0.4 is 0 Å². The van der Waals surface area contributed by atoms with E-state index in [-0.39, 0.29) is 11.9 Å². The third-order valence-corrected chi connectivity index (χ3v) is 6.84. The summed E-state index contributed by atoms with van der Waals surface area (Å²) in [6, 6.07) is 18.1. The van der Waals surface area contributed by atoms with Crippen molar-refractivity contribution < 1.29 is 9.84 Å². The van der Waals surface area contributed by atoms with Crippen molar-refractivity contribution in [1.82, 2.24) is 9.88 Å². The molecule has 4 nitrogen and oxygen atoms in total. The molecule has 5 atom stereocenters. The average molecular weight is 401 g/mol. The fourth-order valence-electron chi connectivity index (χ4n) is 5.26. The summed E-state index contributed by atoms with van der Waals surface area (Å²) in [5.41, 5.74) is 3.17. The molecule has 0 amide bonds. The van der Waals surface area contributed by atoms with Crippen molar-refractivity contribution in [2.45, 2.75) is 31.6 Å². The number of pyridine rings is 1. The van der Waals surface area contributed by atoms with Gasteiger partial charge in [0.25, 0.3) is 0 Å². The molecule has 0 spiro atoms. The van der Waals surface area contributed by atoms with E-state index in [0.29, 0.717) is 24.5 Å². The normalized spacial score (nSPS) is 26.5. The molecule has 3 aliphatic rings. The second kappa shape index (κ2) is 8.21.